The Morgan fingerprint density at radius 2 is 1.39 bits per heavy atom. The van der Waals surface area contributed by atoms with Crippen molar-refractivity contribution in [3.63, 3.8) is 0 Å². The summed E-state index contributed by atoms with van der Waals surface area (Å²) in [5.41, 5.74) is 5.92. The summed E-state index contributed by atoms with van der Waals surface area (Å²) in [6.07, 6.45) is 2.98. The molecule has 0 aliphatic carbocycles. The van der Waals surface area contributed by atoms with Gasteiger partial charge in [-0.15, -0.1) is 47.5 Å². The molecule has 0 saturated heterocycles. The predicted octanol–water partition coefficient (Wildman–Crippen LogP) is 11.4. The molecule has 9 rings (SSSR count). The molecule has 0 bridgehead atoms. The fourth-order valence-electron chi connectivity index (χ4n) is 5.77. The van der Waals surface area contributed by atoms with E-state index in [4.69, 9.17) is 21.8 Å². The molecule has 0 unspecified atom stereocenters. The molecule has 0 spiro atoms. The van der Waals surface area contributed by atoms with Gasteiger partial charge >= 0.3 is 0 Å². The number of fused-ring (bicyclic) bond motifs is 4. The number of hydrogen-bond acceptors (Lipinski definition) is 5. The summed E-state index contributed by atoms with van der Waals surface area (Å²) in [6, 6.07) is 42.0. The zero-order valence-electron chi connectivity index (χ0n) is 34.7. The van der Waals surface area contributed by atoms with E-state index in [0.29, 0.717) is 17.0 Å². The SMILES string of the molecule is [2H]C([2H])([2H])c1c[c-]c(-c2cc(-c3ccccc3C([2H])([2H])[2H])c(C([2H])([2H])[2H])cn2)cc1.[Ir].[c-]1cc2c3c(c1-c1ccccn1)Oc1ccccc1N3c1ccccc1O2. The van der Waals surface area contributed by atoms with E-state index in [2.05, 4.69) is 39.1 Å². The van der Waals surface area contributed by atoms with Crippen LogP contribution in [0, 0.1) is 32.7 Å². The maximum Gasteiger partial charge on any atom is 0.138 e. The Morgan fingerprint density at radius 1 is 0.633 bits per heavy atom. The minimum absolute atomic E-state index is 0. The van der Waals surface area contributed by atoms with Crippen molar-refractivity contribution in [2.75, 3.05) is 4.90 Å². The molecule has 0 saturated carbocycles. The van der Waals surface area contributed by atoms with Crippen LogP contribution in [0.15, 0.2) is 134 Å². The minimum Gasteiger partial charge on any atom is -0.497 e. The molecule has 0 atom stereocenters. The van der Waals surface area contributed by atoms with Gasteiger partial charge in [-0.1, -0.05) is 79.1 Å². The molecular formula is C43H31IrN3O2-2. The standard InChI is InChI=1S/C23H13N2O2.C20H18N.Ir/c1-3-10-19-17(8-1)25-18-9-2-4-11-20(18)27-23-15(16-7-5-6-14-24-16)12-13-21(26-19)22(23)25;1-14-8-10-17(11-9-14)20-12-19(16(3)13-21-20)18-7-5-4-6-15(18)2;/h1-11,13-14H;4-10,12-13H,1-3H3;/q2*-1;/i;1D3,2D3,3D3;. The molecule has 2 aliphatic rings. The zero-order chi connectivity index (χ0) is 40.1. The van der Waals surface area contributed by atoms with E-state index in [1.54, 1.807) is 30.5 Å². The molecular weight excluding hydrogens is 783 g/mol. The van der Waals surface area contributed by atoms with Gasteiger partial charge in [-0.3, -0.25) is 0 Å². The van der Waals surface area contributed by atoms with Crippen molar-refractivity contribution >= 4 is 17.1 Å². The normalized spacial score (nSPS) is 15.2. The summed E-state index contributed by atoms with van der Waals surface area (Å²) in [6.45, 7) is -7.20. The fourth-order valence-corrected chi connectivity index (χ4v) is 5.77. The number of para-hydroxylation sites is 4. The van der Waals surface area contributed by atoms with Crippen LogP contribution in [0.4, 0.5) is 17.1 Å². The second-order valence-electron chi connectivity index (χ2n) is 11.0. The van der Waals surface area contributed by atoms with E-state index in [1.165, 1.54) is 30.5 Å². The van der Waals surface area contributed by atoms with Gasteiger partial charge in [0.25, 0.3) is 0 Å². The van der Waals surface area contributed by atoms with Crippen molar-refractivity contribution in [1.82, 2.24) is 9.97 Å². The Labute approximate surface area is 312 Å². The number of anilines is 3. The molecule has 49 heavy (non-hydrogen) atoms. The van der Waals surface area contributed by atoms with Crippen molar-refractivity contribution in [3.8, 4) is 56.6 Å². The van der Waals surface area contributed by atoms with E-state index in [0.717, 1.165) is 45.6 Å². The van der Waals surface area contributed by atoms with Crippen molar-refractivity contribution in [3.05, 3.63) is 163 Å². The van der Waals surface area contributed by atoms with Gasteiger partial charge in [-0.25, -0.2) is 0 Å². The van der Waals surface area contributed by atoms with E-state index in [1.807, 2.05) is 60.7 Å². The van der Waals surface area contributed by atoms with Crippen LogP contribution >= 0.6 is 0 Å². The molecule has 7 aromatic rings. The summed E-state index contributed by atoms with van der Waals surface area (Å²) < 4.78 is 81.8. The average molecular weight is 823 g/mol. The van der Waals surface area contributed by atoms with Crippen molar-refractivity contribution in [2.24, 2.45) is 0 Å². The third-order valence-corrected chi connectivity index (χ3v) is 8.02. The number of nitrogens with zero attached hydrogens (tertiary/aromatic N) is 3. The molecule has 4 heterocycles. The van der Waals surface area contributed by atoms with Gasteiger partial charge in [-0.2, -0.15) is 0 Å². The summed E-state index contributed by atoms with van der Waals surface area (Å²) >= 11 is 0. The molecule has 0 fully saturated rings. The third kappa shape index (κ3) is 6.02. The number of aryl methyl sites for hydroxylation is 3. The van der Waals surface area contributed by atoms with Gasteiger partial charge in [0.15, 0.2) is 0 Å². The van der Waals surface area contributed by atoms with Crippen LogP contribution in [-0.2, 0) is 20.1 Å². The van der Waals surface area contributed by atoms with Crippen LogP contribution in [0.1, 0.15) is 29.0 Å². The number of pyridine rings is 2. The van der Waals surface area contributed by atoms with Gasteiger partial charge < -0.3 is 24.3 Å². The number of hydrogen-bond donors (Lipinski definition) is 0. The van der Waals surface area contributed by atoms with Gasteiger partial charge in [0, 0.05) is 50.5 Å². The molecule has 0 amide bonds. The first-order chi connectivity index (χ1) is 27.2. The third-order valence-electron chi connectivity index (χ3n) is 8.02. The first-order valence-electron chi connectivity index (χ1n) is 19.7. The fraction of sp³-hybridized carbons (Fsp3) is 0.0698. The van der Waals surface area contributed by atoms with Gasteiger partial charge in [0.05, 0.1) is 22.9 Å². The van der Waals surface area contributed by atoms with Crippen LogP contribution in [0.2, 0.25) is 0 Å². The van der Waals surface area contributed by atoms with E-state index >= 15 is 0 Å². The van der Waals surface area contributed by atoms with Crippen LogP contribution in [-0.4, -0.2) is 9.97 Å². The maximum atomic E-state index is 7.84. The first-order valence-corrected chi connectivity index (χ1v) is 15.2. The number of benzene rings is 5. The van der Waals surface area contributed by atoms with Crippen LogP contribution in [0.3, 0.4) is 0 Å². The first kappa shape index (κ1) is 22.9. The number of ether oxygens (including phenoxy) is 2. The van der Waals surface area contributed by atoms with Crippen LogP contribution < -0.4 is 14.4 Å². The Morgan fingerprint density at radius 3 is 2.12 bits per heavy atom. The number of rotatable bonds is 3. The van der Waals surface area contributed by atoms with E-state index in [9.17, 15) is 0 Å². The molecule has 2 aliphatic heterocycles. The Balaban J connectivity index is 0.000000174. The molecule has 0 N–H and O–H groups in total. The van der Waals surface area contributed by atoms with Gasteiger partial charge in [0.1, 0.15) is 11.5 Å². The summed E-state index contributed by atoms with van der Waals surface area (Å²) in [5.74, 6) is 3.04. The monoisotopic (exact) mass is 823 g/mol. The van der Waals surface area contributed by atoms with Crippen molar-refractivity contribution in [2.45, 2.75) is 20.6 Å². The summed E-state index contributed by atoms with van der Waals surface area (Å²) in [4.78, 5) is 10.9. The predicted molar refractivity (Wildman–Crippen MR) is 191 cm³/mol. The second-order valence-corrected chi connectivity index (χ2v) is 11.0. The average Bonchev–Trinajstić information content (AvgIpc) is 3.20. The van der Waals surface area contributed by atoms with E-state index in [-0.39, 0.29) is 47.9 Å². The Kier molecular flexibility index (Phi) is 6.32. The molecule has 241 valence electrons. The molecule has 5 aromatic carbocycles. The zero-order valence-corrected chi connectivity index (χ0v) is 28.1. The Hall–Kier alpha value is -5.55. The number of aromatic nitrogens is 2. The second kappa shape index (κ2) is 13.5. The van der Waals surface area contributed by atoms with Crippen molar-refractivity contribution in [1.29, 1.82) is 0 Å². The maximum absolute atomic E-state index is 7.84. The van der Waals surface area contributed by atoms with Crippen molar-refractivity contribution < 1.29 is 41.9 Å². The van der Waals surface area contributed by atoms with E-state index < -0.39 is 20.6 Å². The Bertz CT molecular complexity index is 2600. The van der Waals surface area contributed by atoms with Gasteiger partial charge in [-0.05, 0) is 77.7 Å². The summed E-state index contributed by atoms with van der Waals surface area (Å²) in [7, 11) is 0. The largest absolute Gasteiger partial charge is 0.497 e. The quantitative estimate of drug-likeness (QED) is 0.166. The topological polar surface area (TPSA) is 47.5 Å². The van der Waals surface area contributed by atoms with Gasteiger partial charge in [0.2, 0.25) is 0 Å². The minimum atomic E-state index is -2.50. The summed E-state index contributed by atoms with van der Waals surface area (Å²) in [5, 5.41) is 0. The molecule has 5 nitrogen and oxygen atoms in total. The molecule has 2 aromatic heterocycles. The van der Waals surface area contributed by atoms with Crippen LogP contribution in [0.5, 0.6) is 23.0 Å². The molecule has 6 heteroatoms. The molecule has 1 radical (unpaired) electrons. The van der Waals surface area contributed by atoms with Crippen LogP contribution in [0.25, 0.3) is 33.6 Å². The smallest absolute Gasteiger partial charge is 0.138 e.